The van der Waals surface area contributed by atoms with Crippen molar-refractivity contribution in [2.75, 3.05) is 12.4 Å². The van der Waals surface area contributed by atoms with Gasteiger partial charge < -0.3 is 15.0 Å². The first-order valence-corrected chi connectivity index (χ1v) is 6.71. The number of aromatic amines is 1. The van der Waals surface area contributed by atoms with E-state index in [1.54, 1.807) is 7.11 Å². The summed E-state index contributed by atoms with van der Waals surface area (Å²) in [5.41, 5.74) is 3.22. The van der Waals surface area contributed by atoms with E-state index >= 15 is 0 Å². The predicted molar refractivity (Wildman–Crippen MR) is 84.0 cm³/mol. The van der Waals surface area contributed by atoms with Gasteiger partial charge in [-0.25, -0.2) is 0 Å². The molecule has 0 unspecified atom stereocenters. The molecular weight excluding hydrogens is 264 g/mol. The molecule has 0 aliphatic carbocycles. The Morgan fingerprint density at radius 2 is 2.05 bits per heavy atom. The van der Waals surface area contributed by atoms with Crippen molar-refractivity contribution in [3.05, 3.63) is 59.8 Å². The number of ether oxygens (including phenoxy) is 1. The molecule has 0 radical (unpaired) electrons. The fraction of sp³-hybridized carbons (Fsp3) is 0.118. The van der Waals surface area contributed by atoms with Crippen LogP contribution in [0.3, 0.4) is 0 Å². The molecule has 0 spiro atoms. The van der Waals surface area contributed by atoms with Crippen LogP contribution < -0.4 is 10.1 Å². The average Bonchev–Trinajstić information content (AvgIpc) is 2.97. The van der Waals surface area contributed by atoms with E-state index in [1.165, 1.54) is 0 Å². The number of carbonyl (C=O) groups is 1. The third kappa shape index (κ3) is 2.48. The molecule has 0 fully saturated rings. The molecule has 3 rings (SSSR count). The van der Waals surface area contributed by atoms with Crippen LogP contribution in [-0.2, 0) is 0 Å². The molecule has 2 aromatic carbocycles. The first-order chi connectivity index (χ1) is 10.2. The average molecular weight is 280 g/mol. The van der Waals surface area contributed by atoms with Gasteiger partial charge in [-0.2, -0.15) is 0 Å². The van der Waals surface area contributed by atoms with E-state index in [1.807, 2.05) is 55.6 Å². The minimum Gasteiger partial charge on any atom is -0.497 e. The van der Waals surface area contributed by atoms with Crippen LogP contribution in [0.5, 0.6) is 5.75 Å². The quantitative estimate of drug-likeness (QED) is 0.768. The summed E-state index contributed by atoms with van der Waals surface area (Å²) in [6.07, 6.45) is 1.83. The Hall–Kier alpha value is -2.75. The molecule has 0 aliphatic rings. The van der Waals surface area contributed by atoms with E-state index in [0.717, 1.165) is 27.9 Å². The number of aromatic nitrogens is 1. The number of para-hydroxylation sites is 1. The van der Waals surface area contributed by atoms with Crippen LogP contribution in [0.2, 0.25) is 0 Å². The number of carbonyl (C=O) groups excluding carboxylic acids is 1. The van der Waals surface area contributed by atoms with Gasteiger partial charge in [-0.05, 0) is 42.8 Å². The van der Waals surface area contributed by atoms with Crippen LogP contribution >= 0.6 is 0 Å². The first kappa shape index (κ1) is 13.2. The molecule has 106 valence electrons. The van der Waals surface area contributed by atoms with Gasteiger partial charge in [0, 0.05) is 17.3 Å². The Morgan fingerprint density at radius 1 is 1.19 bits per heavy atom. The van der Waals surface area contributed by atoms with Crippen molar-refractivity contribution < 1.29 is 9.53 Å². The van der Waals surface area contributed by atoms with Crippen LogP contribution in [0.4, 0.5) is 5.69 Å². The Balaban J connectivity index is 1.91. The summed E-state index contributed by atoms with van der Waals surface area (Å²) in [4.78, 5) is 15.6. The molecule has 3 aromatic rings. The Bertz CT molecular complexity index is 805. The van der Waals surface area contributed by atoms with Crippen LogP contribution in [0, 0.1) is 6.92 Å². The molecular formula is C17H16N2O2. The number of nitrogens with one attached hydrogen (secondary N) is 2. The first-order valence-electron chi connectivity index (χ1n) is 6.71. The highest BCUT2D eigenvalue weighted by Crippen LogP contribution is 2.23. The number of hydrogen-bond donors (Lipinski definition) is 2. The Morgan fingerprint density at radius 3 is 2.81 bits per heavy atom. The molecule has 0 aliphatic heterocycles. The third-order valence-electron chi connectivity index (χ3n) is 3.51. The van der Waals surface area contributed by atoms with Crippen molar-refractivity contribution in [3.8, 4) is 5.75 Å². The van der Waals surface area contributed by atoms with E-state index in [0.29, 0.717) is 5.56 Å². The molecule has 4 nitrogen and oxygen atoms in total. The molecule has 21 heavy (non-hydrogen) atoms. The Labute approximate surface area is 122 Å². The van der Waals surface area contributed by atoms with E-state index in [9.17, 15) is 4.79 Å². The summed E-state index contributed by atoms with van der Waals surface area (Å²) >= 11 is 0. The van der Waals surface area contributed by atoms with Crippen molar-refractivity contribution >= 4 is 22.5 Å². The molecule has 2 N–H and O–H groups in total. The summed E-state index contributed by atoms with van der Waals surface area (Å²) < 4.78 is 5.17. The Kier molecular flexibility index (Phi) is 3.36. The summed E-state index contributed by atoms with van der Waals surface area (Å²) in [6.45, 7) is 1.94. The number of aryl methyl sites for hydroxylation is 1. The maximum absolute atomic E-state index is 12.5. The molecule has 0 atom stereocenters. The number of anilines is 1. The lowest BCUT2D eigenvalue weighted by atomic mass is 10.1. The molecule has 0 bridgehead atoms. The number of fused-ring (bicyclic) bond motifs is 1. The smallest absolute Gasteiger partial charge is 0.257 e. The van der Waals surface area contributed by atoms with Gasteiger partial charge in [-0.3, -0.25) is 4.79 Å². The van der Waals surface area contributed by atoms with Crippen molar-refractivity contribution in [2.45, 2.75) is 6.92 Å². The van der Waals surface area contributed by atoms with Gasteiger partial charge >= 0.3 is 0 Å². The van der Waals surface area contributed by atoms with Crippen molar-refractivity contribution in [2.24, 2.45) is 0 Å². The van der Waals surface area contributed by atoms with Gasteiger partial charge in [0.2, 0.25) is 0 Å². The number of amides is 1. The zero-order valence-electron chi connectivity index (χ0n) is 11.9. The van der Waals surface area contributed by atoms with Gasteiger partial charge in [0.1, 0.15) is 5.75 Å². The van der Waals surface area contributed by atoms with Crippen molar-refractivity contribution in [3.63, 3.8) is 0 Å². The second-order valence-electron chi connectivity index (χ2n) is 4.88. The maximum Gasteiger partial charge on any atom is 0.257 e. The normalized spacial score (nSPS) is 10.6. The minimum atomic E-state index is -0.128. The molecule has 1 heterocycles. The zero-order valence-corrected chi connectivity index (χ0v) is 11.9. The molecule has 1 amide bonds. The van der Waals surface area contributed by atoms with E-state index < -0.39 is 0 Å². The highest BCUT2D eigenvalue weighted by atomic mass is 16.5. The fourth-order valence-corrected chi connectivity index (χ4v) is 2.37. The highest BCUT2D eigenvalue weighted by Gasteiger charge is 2.12. The molecule has 4 heteroatoms. The zero-order chi connectivity index (χ0) is 14.8. The largest absolute Gasteiger partial charge is 0.497 e. The second-order valence-corrected chi connectivity index (χ2v) is 4.88. The fourth-order valence-electron chi connectivity index (χ4n) is 2.37. The monoisotopic (exact) mass is 280 g/mol. The summed E-state index contributed by atoms with van der Waals surface area (Å²) in [5.74, 6) is 0.647. The van der Waals surface area contributed by atoms with Crippen molar-refractivity contribution in [1.29, 1.82) is 0 Å². The lowest BCUT2D eigenvalue weighted by Crippen LogP contribution is -2.13. The minimum absolute atomic E-state index is 0.128. The topological polar surface area (TPSA) is 54.1 Å². The number of hydrogen-bond acceptors (Lipinski definition) is 2. The second kappa shape index (κ2) is 5.32. The highest BCUT2D eigenvalue weighted by molar-refractivity contribution is 6.12. The maximum atomic E-state index is 12.5. The van der Waals surface area contributed by atoms with Gasteiger partial charge in [0.15, 0.2) is 0 Å². The summed E-state index contributed by atoms with van der Waals surface area (Å²) in [6, 6.07) is 13.2. The van der Waals surface area contributed by atoms with Crippen LogP contribution in [0.15, 0.2) is 48.7 Å². The van der Waals surface area contributed by atoms with Gasteiger partial charge in [-0.1, -0.05) is 12.1 Å². The number of H-pyrrole nitrogens is 1. The SMILES string of the molecule is COc1ccc(NC(=O)c2cccc3cc[nH]c23)c(C)c1. The van der Waals surface area contributed by atoms with Gasteiger partial charge in [0.25, 0.3) is 5.91 Å². The third-order valence-corrected chi connectivity index (χ3v) is 3.51. The van der Waals surface area contributed by atoms with E-state index in [-0.39, 0.29) is 5.91 Å². The van der Waals surface area contributed by atoms with E-state index in [4.69, 9.17) is 4.74 Å². The standard InChI is InChI=1S/C17H16N2O2/c1-11-10-13(21-2)6-7-15(11)19-17(20)14-5-3-4-12-8-9-18-16(12)14/h3-10,18H,1-2H3,(H,19,20). The van der Waals surface area contributed by atoms with Crippen molar-refractivity contribution in [1.82, 2.24) is 4.98 Å². The number of rotatable bonds is 3. The number of methoxy groups -OCH3 is 1. The number of benzene rings is 2. The lowest BCUT2D eigenvalue weighted by molar-refractivity contribution is 0.102. The van der Waals surface area contributed by atoms with Crippen LogP contribution in [0.25, 0.3) is 10.9 Å². The lowest BCUT2D eigenvalue weighted by Gasteiger charge is -2.10. The van der Waals surface area contributed by atoms with E-state index in [2.05, 4.69) is 10.3 Å². The van der Waals surface area contributed by atoms with Gasteiger partial charge in [0.05, 0.1) is 18.2 Å². The predicted octanol–water partition coefficient (Wildman–Crippen LogP) is 3.74. The molecule has 0 saturated carbocycles. The summed E-state index contributed by atoms with van der Waals surface area (Å²) in [5, 5.41) is 3.97. The van der Waals surface area contributed by atoms with Crippen LogP contribution in [-0.4, -0.2) is 18.0 Å². The molecule has 1 aromatic heterocycles. The summed E-state index contributed by atoms with van der Waals surface area (Å²) in [7, 11) is 1.62. The van der Waals surface area contributed by atoms with Gasteiger partial charge in [-0.15, -0.1) is 0 Å². The van der Waals surface area contributed by atoms with Crippen LogP contribution in [0.1, 0.15) is 15.9 Å². The molecule has 0 saturated heterocycles.